The van der Waals surface area contributed by atoms with E-state index in [9.17, 15) is 13.2 Å². The van der Waals surface area contributed by atoms with E-state index in [-0.39, 0.29) is 35.3 Å². The zero-order chi connectivity index (χ0) is 17.9. The Morgan fingerprint density at radius 3 is 2.88 bits per heavy atom. The number of carbonyl (C=O) groups excluding carboxylic acids is 1. The second kappa shape index (κ2) is 7.28. The number of sulfonamides is 1. The molecule has 130 valence electrons. The van der Waals surface area contributed by atoms with E-state index in [0.29, 0.717) is 11.0 Å². The molecule has 25 heavy (non-hydrogen) atoms. The molecule has 0 saturated carbocycles. The van der Waals surface area contributed by atoms with Crippen LogP contribution >= 0.6 is 15.9 Å². The quantitative estimate of drug-likeness (QED) is 0.758. The molecular weight excluding hydrogens is 410 g/mol. The van der Waals surface area contributed by atoms with Crippen molar-refractivity contribution in [1.82, 2.24) is 15.3 Å². The molecule has 0 unspecified atom stereocenters. The van der Waals surface area contributed by atoms with Gasteiger partial charge in [-0.3, -0.25) is 9.78 Å². The molecule has 0 aromatic carbocycles. The van der Waals surface area contributed by atoms with E-state index in [2.05, 4.69) is 40.9 Å². The van der Waals surface area contributed by atoms with E-state index in [4.69, 9.17) is 0 Å². The summed E-state index contributed by atoms with van der Waals surface area (Å²) in [6.07, 6.45) is 3.39. The Morgan fingerprint density at radius 1 is 1.28 bits per heavy atom. The van der Waals surface area contributed by atoms with Crippen LogP contribution in [0.25, 0.3) is 0 Å². The molecule has 0 saturated heterocycles. The van der Waals surface area contributed by atoms with E-state index in [1.807, 2.05) is 6.07 Å². The van der Waals surface area contributed by atoms with Gasteiger partial charge in [0.15, 0.2) is 5.82 Å². The van der Waals surface area contributed by atoms with E-state index in [1.54, 1.807) is 18.3 Å². The van der Waals surface area contributed by atoms with Crippen LogP contribution in [0.1, 0.15) is 18.5 Å². The standard InChI is InChI=1S/C15H14BrN5O3S/c16-10-7-12-15(19-8-10)20-13(21-25(12,23)24)4-5-14(22)18-9-11-3-1-2-6-17-11/h1-3,6-8H,4-5,9H2,(H,18,22)(H,19,20,21). The third-order valence-corrected chi connectivity index (χ3v) is 5.13. The van der Waals surface area contributed by atoms with Crippen molar-refractivity contribution < 1.29 is 13.2 Å². The van der Waals surface area contributed by atoms with Gasteiger partial charge in [0, 0.05) is 29.7 Å². The van der Waals surface area contributed by atoms with Crippen LogP contribution in [0.15, 0.2) is 50.4 Å². The lowest BCUT2D eigenvalue weighted by Gasteiger charge is -2.17. The number of pyridine rings is 2. The van der Waals surface area contributed by atoms with E-state index >= 15 is 0 Å². The lowest BCUT2D eigenvalue weighted by Crippen LogP contribution is -2.27. The second-order valence-electron chi connectivity index (χ2n) is 5.24. The Bertz CT molecular complexity index is 931. The maximum absolute atomic E-state index is 12.2. The van der Waals surface area contributed by atoms with Crippen LogP contribution in [0.2, 0.25) is 0 Å². The maximum Gasteiger partial charge on any atom is 0.287 e. The molecule has 3 heterocycles. The first-order chi connectivity index (χ1) is 11.9. The number of anilines is 1. The van der Waals surface area contributed by atoms with Gasteiger partial charge in [0.05, 0.1) is 12.2 Å². The van der Waals surface area contributed by atoms with Crippen molar-refractivity contribution >= 4 is 43.5 Å². The topological polar surface area (TPSA) is 113 Å². The van der Waals surface area contributed by atoms with Crippen LogP contribution in [0.3, 0.4) is 0 Å². The van der Waals surface area contributed by atoms with Crippen molar-refractivity contribution in [2.45, 2.75) is 24.3 Å². The summed E-state index contributed by atoms with van der Waals surface area (Å²) in [5.41, 5.74) is 0.746. The first kappa shape index (κ1) is 17.5. The number of nitrogens with zero attached hydrogens (tertiary/aromatic N) is 3. The molecule has 2 aromatic rings. The van der Waals surface area contributed by atoms with Crippen molar-refractivity contribution in [1.29, 1.82) is 0 Å². The fraction of sp³-hybridized carbons (Fsp3) is 0.200. The Kier molecular flexibility index (Phi) is 5.09. The van der Waals surface area contributed by atoms with Crippen molar-refractivity contribution in [3.8, 4) is 0 Å². The number of amides is 1. The van der Waals surface area contributed by atoms with Gasteiger partial charge in [0.25, 0.3) is 10.0 Å². The molecule has 0 bridgehead atoms. The summed E-state index contributed by atoms with van der Waals surface area (Å²) in [6.45, 7) is 0.316. The van der Waals surface area contributed by atoms with Crippen LogP contribution in [0, 0.1) is 0 Å². The number of rotatable bonds is 5. The molecule has 0 fully saturated rings. The minimum absolute atomic E-state index is 0.00484. The molecule has 8 nitrogen and oxygen atoms in total. The Labute approximate surface area is 153 Å². The Balaban J connectivity index is 1.60. The highest BCUT2D eigenvalue weighted by Gasteiger charge is 2.26. The molecule has 0 aliphatic carbocycles. The first-order valence-corrected chi connectivity index (χ1v) is 9.60. The molecule has 0 atom stereocenters. The summed E-state index contributed by atoms with van der Waals surface area (Å²) >= 11 is 3.18. The molecule has 0 radical (unpaired) electrons. The van der Waals surface area contributed by atoms with Crippen LogP contribution in [0.5, 0.6) is 0 Å². The lowest BCUT2D eigenvalue weighted by molar-refractivity contribution is -0.121. The van der Waals surface area contributed by atoms with Gasteiger partial charge >= 0.3 is 0 Å². The van der Waals surface area contributed by atoms with Gasteiger partial charge in [0.1, 0.15) is 10.7 Å². The normalized spacial score (nSPS) is 14.8. The van der Waals surface area contributed by atoms with Gasteiger partial charge in [0.2, 0.25) is 5.91 Å². The van der Waals surface area contributed by atoms with Crippen LogP contribution < -0.4 is 10.6 Å². The van der Waals surface area contributed by atoms with Gasteiger partial charge in [-0.15, -0.1) is 4.40 Å². The summed E-state index contributed by atoms with van der Waals surface area (Å²) < 4.78 is 28.6. The summed E-state index contributed by atoms with van der Waals surface area (Å²) in [6, 6.07) is 6.87. The Morgan fingerprint density at radius 2 is 2.12 bits per heavy atom. The predicted octanol–water partition coefficient (Wildman–Crippen LogP) is 1.85. The lowest BCUT2D eigenvalue weighted by atomic mass is 10.2. The van der Waals surface area contributed by atoms with Crippen LogP contribution in [0.4, 0.5) is 5.82 Å². The first-order valence-electron chi connectivity index (χ1n) is 7.37. The number of halogens is 1. The number of carbonyl (C=O) groups is 1. The fourth-order valence-corrected chi connectivity index (χ4v) is 3.82. The number of aromatic nitrogens is 2. The summed E-state index contributed by atoms with van der Waals surface area (Å²) in [7, 11) is -3.83. The molecule has 1 aliphatic heterocycles. The largest absolute Gasteiger partial charge is 0.350 e. The predicted molar refractivity (Wildman–Crippen MR) is 95.5 cm³/mol. The van der Waals surface area contributed by atoms with Crippen LogP contribution in [-0.4, -0.2) is 30.1 Å². The molecule has 1 amide bonds. The minimum atomic E-state index is -3.83. The average molecular weight is 424 g/mol. The molecule has 2 N–H and O–H groups in total. The maximum atomic E-state index is 12.2. The Hall–Kier alpha value is -2.33. The highest BCUT2D eigenvalue weighted by Crippen LogP contribution is 2.28. The summed E-state index contributed by atoms with van der Waals surface area (Å²) in [5, 5.41) is 5.59. The van der Waals surface area contributed by atoms with Crippen molar-refractivity contribution in [3.63, 3.8) is 0 Å². The zero-order valence-corrected chi connectivity index (χ0v) is 15.3. The SMILES string of the molecule is O=C(CCC1=NS(=O)(=O)c2cc(Br)cnc2N1)NCc1ccccn1. The van der Waals surface area contributed by atoms with Crippen molar-refractivity contribution in [2.24, 2.45) is 4.40 Å². The molecular formula is C15H14BrN5O3S. The van der Waals surface area contributed by atoms with Crippen molar-refractivity contribution in [3.05, 3.63) is 46.8 Å². The summed E-state index contributed by atoms with van der Waals surface area (Å²) in [4.78, 5) is 20.1. The smallest absolute Gasteiger partial charge is 0.287 e. The van der Waals surface area contributed by atoms with E-state index in [1.165, 1.54) is 12.3 Å². The van der Waals surface area contributed by atoms with E-state index < -0.39 is 10.0 Å². The highest BCUT2D eigenvalue weighted by atomic mass is 79.9. The average Bonchev–Trinajstić information content (AvgIpc) is 2.59. The second-order valence-corrected chi connectivity index (χ2v) is 7.72. The number of hydrogen-bond donors (Lipinski definition) is 2. The fourth-order valence-electron chi connectivity index (χ4n) is 2.19. The van der Waals surface area contributed by atoms with Crippen molar-refractivity contribution in [2.75, 3.05) is 5.32 Å². The third kappa shape index (κ3) is 4.40. The van der Waals surface area contributed by atoms with Gasteiger partial charge in [-0.1, -0.05) is 6.07 Å². The number of hydrogen-bond acceptors (Lipinski definition) is 6. The molecule has 2 aromatic heterocycles. The van der Waals surface area contributed by atoms with Gasteiger partial charge < -0.3 is 10.6 Å². The number of amidine groups is 1. The number of nitrogens with one attached hydrogen (secondary N) is 2. The third-order valence-electron chi connectivity index (χ3n) is 3.37. The van der Waals surface area contributed by atoms with Crippen LogP contribution in [-0.2, 0) is 21.4 Å². The van der Waals surface area contributed by atoms with Gasteiger partial charge in [-0.25, -0.2) is 4.98 Å². The molecule has 3 rings (SSSR count). The van der Waals surface area contributed by atoms with Gasteiger partial charge in [-0.05, 0) is 34.1 Å². The number of fused-ring (bicyclic) bond motifs is 1. The summed E-state index contributed by atoms with van der Waals surface area (Å²) in [5.74, 6) is 0.180. The molecule has 0 spiro atoms. The highest BCUT2D eigenvalue weighted by molar-refractivity contribution is 9.10. The zero-order valence-electron chi connectivity index (χ0n) is 12.9. The van der Waals surface area contributed by atoms with Gasteiger partial charge in [-0.2, -0.15) is 8.42 Å². The molecule has 1 aliphatic rings. The minimum Gasteiger partial charge on any atom is -0.350 e. The molecule has 10 heteroatoms. The van der Waals surface area contributed by atoms with E-state index in [0.717, 1.165) is 5.69 Å². The monoisotopic (exact) mass is 423 g/mol.